The van der Waals surface area contributed by atoms with Gasteiger partial charge in [0.05, 0.1) is 5.69 Å². The van der Waals surface area contributed by atoms with E-state index in [2.05, 4.69) is 4.72 Å². The second-order valence-corrected chi connectivity index (χ2v) is 7.27. The maximum absolute atomic E-state index is 13.2. The van der Waals surface area contributed by atoms with E-state index in [1.165, 1.54) is 12.5 Å². The Morgan fingerprint density at radius 1 is 1.26 bits per heavy atom. The molecule has 2 saturated carbocycles. The monoisotopic (exact) mass is 284 g/mol. The average Bonchev–Trinajstić information content (AvgIpc) is 2.93. The van der Waals surface area contributed by atoms with Gasteiger partial charge in [-0.05, 0) is 49.3 Å². The van der Waals surface area contributed by atoms with Gasteiger partial charge >= 0.3 is 0 Å². The van der Waals surface area contributed by atoms with E-state index in [1.54, 1.807) is 0 Å². The molecule has 0 amide bonds. The third-order valence-corrected chi connectivity index (χ3v) is 5.86. The lowest BCUT2D eigenvalue weighted by molar-refractivity contribution is 0.390. The molecule has 3 N–H and O–H groups in total. The van der Waals surface area contributed by atoms with Gasteiger partial charge in [0.2, 0.25) is 10.0 Å². The van der Waals surface area contributed by atoms with Gasteiger partial charge in [0.15, 0.2) is 0 Å². The molecule has 1 aromatic carbocycles. The van der Waals surface area contributed by atoms with Crippen LogP contribution in [0.5, 0.6) is 0 Å². The Kier molecular flexibility index (Phi) is 3.02. The van der Waals surface area contributed by atoms with Gasteiger partial charge < -0.3 is 5.73 Å². The first kappa shape index (κ1) is 12.9. The Balaban J connectivity index is 1.85. The lowest BCUT2D eigenvalue weighted by Crippen LogP contribution is -2.38. The number of halogens is 1. The molecule has 0 saturated heterocycles. The fourth-order valence-corrected chi connectivity index (χ4v) is 4.85. The van der Waals surface area contributed by atoms with Crippen LogP contribution in [0.15, 0.2) is 23.1 Å². The fourth-order valence-electron chi connectivity index (χ4n) is 3.39. The van der Waals surface area contributed by atoms with E-state index in [0.717, 1.165) is 31.4 Å². The molecule has 4 nitrogen and oxygen atoms in total. The van der Waals surface area contributed by atoms with Crippen molar-refractivity contribution >= 4 is 15.7 Å². The van der Waals surface area contributed by atoms with E-state index in [9.17, 15) is 12.8 Å². The summed E-state index contributed by atoms with van der Waals surface area (Å²) in [7, 11) is -3.73. The van der Waals surface area contributed by atoms with Crippen LogP contribution in [-0.4, -0.2) is 14.5 Å². The van der Waals surface area contributed by atoms with Gasteiger partial charge in [0, 0.05) is 6.04 Å². The fraction of sp³-hybridized carbons (Fsp3) is 0.538. The summed E-state index contributed by atoms with van der Waals surface area (Å²) < 4.78 is 40.4. The Labute approximate surface area is 112 Å². The second-order valence-electron chi connectivity index (χ2n) is 5.58. The van der Waals surface area contributed by atoms with Crippen molar-refractivity contribution in [2.24, 2.45) is 11.8 Å². The Hall–Kier alpha value is -1.14. The highest BCUT2D eigenvalue weighted by atomic mass is 32.2. The largest absolute Gasteiger partial charge is 0.398 e. The Morgan fingerprint density at radius 2 is 2.05 bits per heavy atom. The van der Waals surface area contributed by atoms with E-state index >= 15 is 0 Å². The molecule has 2 aliphatic rings. The highest BCUT2D eigenvalue weighted by molar-refractivity contribution is 7.89. The first-order valence-corrected chi connectivity index (χ1v) is 8.01. The van der Waals surface area contributed by atoms with Crippen molar-refractivity contribution in [3.63, 3.8) is 0 Å². The van der Waals surface area contributed by atoms with E-state index in [4.69, 9.17) is 5.73 Å². The standard InChI is InChI=1S/C13H17FN2O2S/c14-10-3-4-11(15)13(7-10)19(17,18)16-12-6-8-1-2-9(12)5-8/h3-4,7-9,12,16H,1-2,5-6,15H2. The zero-order chi connectivity index (χ0) is 13.6. The Bertz CT molecular complexity index is 603. The number of hydrogen-bond donors (Lipinski definition) is 2. The number of anilines is 1. The van der Waals surface area contributed by atoms with Crippen LogP contribution in [0.2, 0.25) is 0 Å². The summed E-state index contributed by atoms with van der Waals surface area (Å²) in [6.07, 6.45) is 4.27. The summed E-state index contributed by atoms with van der Waals surface area (Å²) in [6.45, 7) is 0. The first-order valence-electron chi connectivity index (χ1n) is 6.53. The van der Waals surface area contributed by atoms with Crippen molar-refractivity contribution in [1.29, 1.82) is 0 Å². The van der Waals surface area contributed by atoms with Crippen LogP contribution in [0.3, 0.4) is 0 Å². The highest BCUT2D eigenvalue weighted by Crippen LogP contribution is 2.44. The van der Waals surface area contributed by atoms with E-state index in [0.29, 0.717) is 11.8 Å². The van der Waals surface area contributed by atoms with Gasteiger partial charge in [-0.25, -0.2) is 17.5 Å². The molecule has 0 spiro atoms. The maximum atomic E-state index is 13.2. The molecule has 19 heavy (non-hydrogen) atoms. The van der Waals surface area contributed by atoms with Crippen LogP contribution in [-0.2, 0) is 10.0 Å². The topological polar surface area (TPSA) is 72.2 Å². The van der Waals surface area contributed by atoms with Gasteiger partial charge in [-0.1, -0.05) is 6.42 Å². The number of rotatable bonds is 3. The molecule has 0 heterocycles. The zero-order valence-electron chi connectivity index (χ0n) is 10.5. The molecule has 104 valence electrons. The molecule has 1 aromatic rings. The van der Waals surface area contributed by atoms with Crippen LogP contribution >= 0.6 is 0 Å². The first-order chi connectivity index (χ1) is 8.95. The van der Waals surface area contributed by atoms with E-state index in [-0.39, 0.29) is 16.6 Å². The summed E-state index contributed by atoms with van der Waals surface area (Å²) in [6, 6.07) is 3.40. The van der Waals surface area contributed by atoms with Gasteiger partial charge in [-0.3, -0.25) is 0 Å². The van der Waals surface area contributed by atoms with Crippen molar-refractivity contribution in [3.8, 4) is 0 Å². The maximum Gasteiger partial charge on any atom is 0.242 e. The van der Waals surface area contributed by atoms with Crippen molar-refractivity contribution in [3.05, 3.63) is 24.0 Å². The number of nitrogens with one attached hydrogen (secondary N) is 1. The molecule has 2 aliphatic carbocycles. The summed E-state index contributed by atoms with van der Waals surface area (Å²) in [5, 5.41) is 0. The lowest BCUT2D eigenvalue weighted by atomic mass is 9.96. The summed E-state index contributed by atoms with van der Waals surface area (Å²) in [5.74, 6) is 0.472. The number of benzene rings is 1. The molecule has 0 aliphatic heterocycles. The number of nitrogens with two attached hydrogens (primary N) is 1. The third kappa shape index (κ3) is 2.34. The number of sulfonamides is 1. The highest BCUT2D eigenvalue weighted by Gasteiger charge is 2.41. The predicted octanol–water partition coefficient (Wildman–Crippen LogP) is 1.87. The molecule has 3 rings (SSSR count). The number of fused-ring (bicyclic) bond motifs is 2. The summed E-state index contributed by atoms with van der Waals surface area (Å²) in [4.78, 5) is -0.157. The SMILES string of the molecule is Nc1ccc(F)cc1S(=O)(=O)NC1CC2CCC1C2. The molecule has 3 unspecified atom stereocenters. The van der Waals surface area contributed by atoms with Crippen LogP contribution < -0.4 is 10.5 Å². The minimum Gasteiger partial charge on any atom is -0.398 e. The van der Waals surface area contributed by atoms with Gasteiger partial charge in [0.25, 0.3) is 0 Å². The van der Waals surface area contributed by atoms with E-state index < -0.39 is 15.8 Å². The molecule has 3 atom stereocenters. The molecular formula is C13H17FN2O2S. The van der Waals surface area contributed by atoms with E-state index in [1.807, 2.05) is 0 Å². The van der Waals surface area contributed by atoms with Gasteiger partial charge in [-0.2, -0.15) is 0 Å². The van der Waals surface area contributed by atoms with Crippen LogP contribution in [0.4, 0.5) is 10.1 Å². The Morgan fingerprint density at radius 3 is 2.68 bits per heavy atom. The molecule has 2 bridgehead atoms. The smallest absolute Gasteiger partial charge is 0.242 e. The molecule has 2 fully saturated rings. The third-order valence-electron chi connectivity index (χ3n) is 4.31. The van der Waals surface area contributed by atoms with Crippen LogP contribution in [0.1, 0.15) is 25.7 Å². The van der Waals surface area contributed by atoms with Gasteiger partial charge in [-0.15, -0.1) is 0 Å². The predicted molar refractivity (Wildman–Crippen MR) is 70.4 cm³/mol. The summed E-state index contributed by atoms with van der Waals surface area (Å²) >= 11 is 0. The normalized spacial score (nSPS) is 29.8. The minimum atomic E-state index is -3.73. The molecule has 0 radical (unpaired) electrons. The zero-order valence-corrected chi connectivity index (χ0v) is 11.3. The number of hydrogen-bond acceptors (Lipinski definition) is 3. The quantitative estimate of drug-likeness (QED) is 0.832. The lowest BCUT2D eigenvalue weighted by Gasteiger charge is -2.23. The molecule has 6 heteroatoms. The minimum absolute atomic E-state index is 0.0218. The van der Waals surface area contributed by atoms with Gasteiger partial charge in [0.1, 0.15) is 10.7 Å². The van der Waals surface area contributed by atoms with Crippen molar-refractivity contribution in [2.45, 2.75) is 36.6 Å². The van der Waals surface area contributed by atoms with Crippen molar-refractivity contribution in [1.82, 2.24) is 4.72 Å². The summed E-state index contributed by atoms with van der Waals surface area (Å²) in [5.41, 5.74) is 5.72. The molecule has 0 aromatic heterocycles. The average molecular weight is 284 g/mol. The van der Waals surface area contributed by atoms with Crippen LogP contribution in [0.25, 0.3) is 0 Å². The van der Waals surface area contributed by atoms with Crippen molar-refractivity contribution in [2.75, 3.05) is 5.73 Å². The second kappa shape index (κ2) is 4.45. The molecular weight excluding hydrogens is 267 g/mol. The van der Waals surface area contributed by atoms with Crippen molar-refractivity contribution < 1.29 is 12.8 Å². The van der Waals surface area contributed by atoms with Crippen LogP contribution in [0, 0.1) is 17.7 Å². The number of nitrogen functional groups attached to an aromatic ring is 1.